The SMILES string of the molecule is Clc1cccc(-n2cc3ccc(Br)cc3n2)c1Cl. The van der Waals surface area contributed by atoms with E-state index < -0.39 is 0 Å². The Balaban J connectivity index is 2.22. The molecule has 1 aromatic heterocycles. The first-order valence-electron chi connectivity index (χ1n) is 5.24. The molecule has 0 atom stereocenters. The number of rotatable bonds is 1. The van der Waals surface area contributed by atoms with Crippen LogP contribution in [0.4, 0.5) is 0 Å². The summed E-state index contributed by atoms with van der Waals surface area (Å²) in [5.41, 5.74) is 1.68. The van der Waals surface area contributed by atoms with Gasteiger partial charge < -0.3 is 0 Å². The van der Waals surface area contributed by atoms with Crippen LogP contribution >= 0.6 is 39.1 Å². The lowest BCUT2D eigenvalue weighted by Gasteiger charge is -2.04. The average Bonchev–Trinajstić information content (AvgIpc) is 2.75. The van der Waals surface area contributed by atoms with Gasteiger partial charge in [0.05, 0.1) is 21.2 Å². The molecule has 0 fully saturated rings. The van der Waals surface area contributed by atoms with E-state index in [0.29, 0.717) is 10.0 Å². The summed E-state index contributed by atoms with van der Waals surface area (Å²) in [6.45, 7) is 0. The molecule has 0 spiro atoms. The number of aromatic nitrogens is 2. The van der Waals surface area contributed by atoms with E-state index in [4.69, 9.17) is 23.2 Å². The van der Waals surface area contributed by atoms with Crippen LogP contribution in [0.5, 0.6) is 0 Å². The van der Waals surface area contributed by atoms with Crippen molar-refractivity contribution < 1.29 is 0 Å². The van der Waals surface area contributed by atoms with Gasteiger partial charge in [-0.15, -0.1) is 0 Å². The van der Waals surface area contributed by atoms with Gasteiger partial charge in [-0.25, -0.2) is 4.68 Å². The highest BCUT2D eigenvalue weighted by Crippen LogP contribution is 2.29. The first kappa shape index (κ1) is 12.0. The lowest BCUT2D eigenvalue weighted by molar-refractivity contribution is 0.896. The highest BCUT2D eigenvalue weighted by molar-refractivity contribution is 9.10. The van der Waals surface area contributed by atoms with Crippen LogP contribution in [0.25, 0.3) is 16.6 Å². The van der Waals surface area contributed by atoms with Crippen molar-refractivity contribution in [3.8, 4) is 5.69 Å². The van der Waals surface area contributed by atoms with Crippen molar-refractivity contribution in [1.29, 1.82) is 0 Å². The number of nitrogens with zero attached hydrogens (tertiary/aromatic N) is 2. The fourth-order valence-electron chi connectivity index (χ4n) is 1.78. The third kappa shape index (κ3) is 2.03. The molecule has 0 aliphatic heterocycles. The zero-order valence-corrected chi connectivity index (χ0v) is 12.2. The molecule has 0 bridgehead atoms. The summed E-state index contributed by atoms with van der Waals surface area (Å²) in [4.78, 5) is 0. The third-order valence-electron chi connectivity index (χ3n) is 2.65. The van der Waals surface area contributed by atoms with Crippen molar-refractivity contribution in [3.05, 3.63) is 57.1 Å². The van der Waals surface area contributed by atoms with Gasteiger partial charge in [-0.1, -0.05) is 51.3 Å². The van der Waals surface area contributed by atoms with Crippen LogP contribution in [0.15, 0.2) is 47.1 Å². The van der Waals surface area contributed by atoms with Crippen LogP contribution in [0.1, 0.15) is 0 Å². The van der Waals surface area contributed by atoms with Crippen LogP contribution in [0.3, 0.4) is 0 Å². The lowest BCUT2D eigenvalue weighted by atomic mass is 10.3. The molecule has 3 aromatic rings. The number of fused-ring (bicyclic) bond motifs is 1. The normalized spacial score (nSPS) is 11.1. The molecule has 0 unspecified atom stereocenters. The van der Waals surface area contributed by atoms with Gasteiger partial charge in [0.25, 0.3) is 0 Å². The van der Waals surface area contributed by atoms with Crippen LogP contribution in [0, 0.1) is 0 Å². The molecule has 0 aliphatic carbocycles. The Kier molecular flexibility index (Phi) is 3.06. The monoisotopic (exact) mass is 340 g/mol. The predicted molar refractivity (Wildman–Crippen MR) is 78.8 cm³/mol. The topological polar surface area (TPSA) is 17.8 Å². The van der Waals surface area contributed by atoms with E-state index in [1.165, 1.54) is 0 Å². The smallest absolute Gasteiger partial charge is 0.0938 e. The van der Waals surface area contributed by atoms with Crippen LogP contribution in [-0.4, -0.2) is 9.78 Å². The van der Waals surface area contributed by atoms with Gasteiger partial charge in [-0.05, 0) is 24.3 Å². The molecule has 18 heavy (non-hydrogen) atoms. The van der Waals surface area contributed by atoms with Gasteiger partial charge in [0.2, 0.25) is 0 Å². The molecular weight excluding hydrogens is 335 g/mol. The van der Waals surface area contributed by atoms with Crippen molar-refractivity contribution in [2.45, 2.75) is 0 Å². The Morgan fingerprint density at radius 1 is 1.11 bits per heavy atom. The Bertz CT molecular complexity index is 737. The molecule has 1 heterocycles. The van der Waals surface area contributed by atoms with Crippen molar-refractivity contribution in [2.24, 2.45) is 0 Å². The van der Waals surface area contributed by atoms with Crippen LogP contribution in [-0.2, 0) is 0 Å². The first-order valence-corrected chi connectivity index (χ1v) is 6.79. The molecule has 0 saturated carbocycles. The van der Waals surface area contributed by atoms with Crippen LogP contribution < -0.4 is 0 Å². The Morgan fingerprint density at radius 2 is 1.94 bits per heavy atom. The summed E-state index contributed by atoms with van der Waals surface area (Å²) in [6, 6.07) is 11.4. The zero-order valence-electron chi connectivity index (χ0n) is 9.07. The second-order valence-corrected chi connectivity index (χ2v) is 5.55. The van der Waals surface area contributed by atoms with Crippen molar-refractivity contribution >= 4 is 50.0 Å². The van der Waals surface area contributed by atoms with E-state index in [1.54, 1.807) is 10.7 Å². The molecular formula is C13H7BrCl2N2. The van der Waals surface area contributed by atoms with Gasteiger partial charge in [0.1, 0.15) is 0 Å². The maximum Gasteiger partial charge on any atom is 0.0938 e. The van der Waals surface area contributed by atoms with Gasteiger partial charge in [0, 0.05) is 16.1 Å². The summed E-state index contributed by atoms with van der Waals surface area (Å²) in [5.74, 6) is 0. The molecule has 2 nitrogen and oxygen atoms in total. The number of benzene rings is 2. The standard InChI is InChI=1S/C13H7BrCl2N2/c14-9-5-4-8-7-18(17-11(8)6-9)12-3-1-2-10(15)13(12)16/h1-7H. The molecule has 2 aromatic carbocycles. The molecule has 0 aliphatic rings. The summed E-state index contributed by atoms with van der Waals surface area (Å²) < 4.78 is 2.74. The van der Waals surface area contributed by atoms with Crippen LogP contribution in [0.2, 0.25) is 10.0 Å². The molecule has 90 valence electrons. The summed E-state index contributed by atoms with van der Waals surface area (Å²) in [5, 5.41) is 6.57. The van der Waals surface area contributed by atoms with E-state index in [-0.39, 0.29) is 0 Å². The quantitative estimate of drug-likeness (QED) is 0.602. The fourth-order valence-corrected chi connectivity index (χ4v) is 2.51. The number of hydrogen-bond acceptors (Lipinski definition) is 1. The summed E-state index contributed by atoms with van der Waals surface area (Å²) in [7, 11) is 0. The molecule has 0 N–H and O–H groups in total. The predicted octanol–water partition coefficient (Wildman–Crippen LogP) is 5.09. The Morgan fingerprint density at radius 3 is 2.78 bits per heavy atom. The lowest BCUT2D eigenvalue weighted by Crippen LogP contribution is -1.95. The number of halogens is 3. The van der Waals surface area contributed by atoms with E-state index in [2.05, 4.69) is 21.0 Å². The minimum Gasteiger partial charge on any atom is -0.238 e. The molecule has 0 saturated heterocycles. The second kappa shape index (κ2) is 4.57. The van der Waals surface area contributed by atoms with Gasteiger partial charge in [0.15, 0.2) is 0 Å². The van der Waals surface area contributed by atoms with E-state index >= 15 is 0 Å². The summed E-state index contributed by atoms with van der Waals surface area (Å²) >= 11 is 15.6. The number of hydrogen-bond donors (Lipinski definition) is 0. The summed E-state index contributed by atoms with van der Waals surface area (Å²) in [6.07, 6.45) is 1.93. The Hall–Kier alpha value is -1.03. The maximum absolute atomic E-state index is 6.18. The van der Waals surface area contributed by atoms with Gasteiger partial charge in [-0.3, -0.25) is 0 Å². The highest BCUT2D eigenvalue weighted by atomic mass is 79.9. The highest BCUT2D eigenvalue weighted by Gasteiger charge is 2.08. The minimum atomic E-state index is 0.506. The largest absolute Gasteiger partial charge is 0.238 e. The molecule has 3 rings (SSSR count). The first-order chi connectivity index (χ1) is 8.65. The van der Waals surface area contributed by atoms with Crippen molar-refractivity contribution in [3.63, 3.8) is 0 Å². The zero-order chi connectivity index (χ0) is 12.7. The Labute approximate surface area is 122 Å². The molecule has 0 amide bonds. The molecule has 5 heteroatoms. The van der Waals surface area contributed by atoms with Crippen molar-refractivity contribution in [2.75, 3.05) is 0 Å². The molecule has 0 radical (unpaired) electrons. The van der Waals surface area contributed by atoms with E-state index in [1.807, 2.05) is 36.5 Å². The van der Waals surface area contributed by atoms with E-state index in [0.717, 1.165) is 21.1 Å². The average molecular weight is 342 g/mol. The second-order valence-electron chi connectivity index (χ2n) is 3.85. The minimum absolute atomic E-state index is 0.506. The fraction of sp³-hybridized carbons (Fsp3) is 0. The van der Waals surface area contributed by atoms with Crippen molar-refractivity contribution in [1.82, 2.24) is 9.78 Å². The van der Waals surface area contributed by atoms with Gasteiger partial charge in [-0.2, -0.15) is 5.10 Å². The van der Waals surface area contributed by atoms with E-state index in [9.17, 15) is 0 Å². The van der Waals surface area contributed by atoms with Gasteiger partial charge >= 0.3 is 0 Å². The third-order valence-corrected chi connectivity index (χ3v) is 3.95. The maximum atomic E-state index is 6.18.